The predicted molar refractivity (Wildman–Crippen MR) is 73.2 cm³/mol. The monoisotopic (exact) mass is 261 g/mol. The number of carboxylic acids is 1. The molecule has 0 saturated carbocycles. The van der Waals surface area contributed by atoms with Gasteiger partial charge in [-0.2, -0.15) is 0 Å². The molecule has 0 saturated heterocycles. The van der Waals surface area contributed by atoms with E-state index in [0.29, 0.717) is 11.5 Å². The third-order valence-corrected chi connectivity index (χ3v) is 4.04. The summed E-state index contributed by atoms with van der Waals surface area (Å²) in [6.45, 7) is 4.28. The van der Waals surface area contributed by atoms with Gasteiger partial charge in [0.1, 0.15) is 0 Å². The van der Waals surface area contributed by atoms with Crippen LogP contribution in [0, 0.1) is 0 Å². The fourth-order valence-corrected chi connectivity index (χ4v) is 2.60. The Kier molecular flexibility index (Phi) is 3.77. The van der Waals surface area contributed by atoms with E-state index < -0.39 is 5.97 Å². The highest BCUT2D eigenvalue weighted by atomic mass is 32.1. The lowest BCUT2D eigenvalue weighted by molar-refractivity contribution is 0.0697. The molecule has 0 bridgehead atoms. The fourth-order valence-electron chi connectivity index (χ4n) is 1.63. The molecular weight excluding hydrogens is 246 g/mol. The zero-order valence-corrected chi connectivity index (χ0v) is 11.2. The van der Waals surface area contributed by atoms with E-state index in [1.54, 1.807) is 29.5 Å². The van der Waals surface area contributed by atoms with Gasteiger partial charge >= 0.3 is 5.97 Å². The SMILES string of the molecule is CCC(C)c1nc(-c2cccc(C(=O)O)c2)cs1. The molecule has 1 N–H and O–H groups in total. The Morgan fingerprint density at radius 2 is 2.28 bits per heavy atom. The molecule has 4 heteroatoms. The van der Waals surface area contributed by atoms with Gasteiger partial charge in [0, 0.05) is 16.9 Å². The van der Waals surface area contributed by atoms with E-state index in [2.05, 4.69) is 18.8 Å². The quantitative estimate of drug-likeness (QED) is 0.904. The molecular formula is C14H15NO2S. The van der Waals surface area contributed by atoms with Crippen LogP contribution in [-0.2, 0) is 0 Å². The third-order valence-electron chi connectivity index (χ3n) is 2.96. The van der Waals surface area contributed by atoms with Crippen LogP contribution in [0.4, 0.5) is 0 Å². The molecule has 94 valence electrons. The number of hydrogen-bond acceptors (Lipinski definition) is 3. The summed E-state index contributed by atoms with van der Waals surface area (Å²) in [6, 6.07) is 6.90. The minimum atomic E-state index is -0.908. The lowest BCUT2D eigenvalue weighted by Gasteiger charge is -2.02. The Hall–Kier alpha value is -1.68. The standard InChI is InChI=1S/C14H15NO2S/c1-3-9(2)13-15-12(8-18-13)10-5-4-6-11(7-10)14(16)17/h4-9H,3H2,1-2H3,(H,16,17). The molecule has 18 heavy (non-hydrogen) atoms. The zero-order valence-electron chi connectivity index (χ0n) is 10.4. The van der Waals surface area contributed by atoms with Crippen LogP contribution in [0.15, 0.2) is 29.6 Å². The van der Waals surface area contributed by atoms with Crippen LogP contribution in [-0.4, -0.2) is 16.1 Å². The van der Waals surface area contributed by atoms with Crippen LogP contribution in [0.2, 0.25) is 0 Å². The van der Waals surface area contributed by atoms with E-state index in [4.69, 9.17) is 5.11 Å². The summed E-state index contributed by atoms with van der Waals surface area (Å²) < 4.78 is 0. The van der Waals surface area contributed by atoms with Crippen LogP contribution in [0.5, 0.6) is 0 Å². The zero-order chi connectivity index (χ0) is 13.1. The van der Waals surface area contributed by atoms with Crippen molar-refractivity contribution in [2.24, 2.45) is 0 Å². The number of aromatic nitrogens is 1. The number of nitrogens with zero attached hydrogens (tertiary/aromatic N) is 1. The van der Waals surface area contributed by atoms with Crippen molar-refractivity contribution in [2.75, 3.05) is 0 Å². The van der Waals surface area contributed by atoms with Crippen LogP contribution < -0.4 is 0 Å². The second-order valence-corrected chi connectivity index (χ2v) is 5.16. The molecule has 0 spiro atoms. The first-order valence-electron chi connectivity index (χ1n) is 5.91. The molecule has 0 radical (unpaired) electrons. The molecule has 0 aliphatic rings. The second kappa shape index (κ2) is 5.31. The molecule has 1 unspecified atom stereocenters. The average molecular weight is 261 g/mol. The van der Waals surface area contributed by atoms with Gasteiger partial charge in [-0.15, -0.1) is 11.3 Å². The number of hydrogen-bond donors (Lipinski definition) is 1. The van der Waals surface area contributed by atoms with Crippen LogP contribution in [0.3, 0.4) is 0 Å². The molecule has 2 aromatic rings. The van der Waals surface area contributed by atoms with Crippen molar-refractivity contribution >= 4 is 17.3 Å². The largest absolute Gasteiger partial charge is 0.478 e. The summed E-state index contributed by atoms with van der Waals surface area (Å²) in [5, 5.41) is 12.1. The van der Waals surface area contributed by atoms with E-state index in [9.17, 15) is 4.79 Å². The van der Waals surface area contributed by atoms with Gasteiger partial charge in [-0.3, -0.25) is 0 Å². The van der Waals surface area contributed by atoms with E-state index in [-0.39, 0.29) is 0 Å². The lowest BCUT2D eigenvalue weighted by atomic mass is 10.1. The van der Waals surface area contributed by atoms with Crippen molar-refractivity contribution in [1.82, 2.24) is 4.98 Å². The van der Waals surface area contributed by atoms with E-state index in [1.165, 1.54) is 0 Å². The van der Waals surface area contributed by atoms with Crippen molar-refractivity contribution in [1.29, 1.82) is 0 Å². The Balaban J connectivity index is 2.34. The molecule has 0 amide bonds. The highest BCUT2D eigenvalue weighted by molar-refractivity contribution is 7.10. The number of benzene rings is 1. The van der Waals surface area contributed by atoms with Crippen molar-refractivity contribution in [3.63, 3.8) is 0 Å². The van der Waals surface area contributed by atoms with Gasteiger partial charge in [0.25, 0.3) is 0 Å². The van der Waals surface area contributed by atoms with Gasteiger partial charge in [0.2, 0.25) is 0 Å². The number of rotatable bonds is 4. The topological polar surface area (TPSA) is 50.2 Å². The molecule has 1 aromatic heterocycles. The summed E-state index contributed by atoms with van der Waals surface area (Å²) in [7, 11) is 0. The van der Waals surface area contributed by atoms with E-state index in [0.717, 1.165) is 22.7 Å². The molecule has 0 fully saturated rings. The summed E-state index contributed by atoms with van der Waals surface area (Å²) in [4.78, 5) is 15.5. The average Bonchev–Trinajstić information content (AvgIpc) is 2.87. The minimum absolute atomic E-state index is 0.297. The maximum absolute atomic E-state index is 10.9. The molecule has 0 aliphatic carbocycles. The molecule has 1 heterocycles. The van der Waals surface area contributed by atoms with E-state index >= 15 is 0 Å². The Morgan fingerprint density at radius 1 is 1.50 bits per heavy atom. The maximum Gasteiger partial charge on any atom is 0.335 e. The Morgan fingerprint density at radius 3 is 2.94 bits per heavy atom. The Labute approximate surface area is 110 Å². The normalized spacial score (nSPS) is 12.3. The predicted octanol–water partition coefficient (Wildman–Crippen LogP) is 4.02. The fraction of sp³-hybridized carbons (Fsp3) is 0.286. The van der Waals surface area contributed by atoms with Gasteiger partial charge in [0.15, 0.2) is 0 Å². The second-order valence-electron chi connectivity index (χ2n) is 4.27. The van der Waals surface area contributed by atoms with Gasteiger partial charge in [-0.25, -0.2) is 9.78 Å². The smallest absolute Gasteiger partial charge is 0.335 e. The van der Waals surface area contributed by atoms with Gasteiger partial charge in [-0.05, 0) is 18.6 Å². The molecule has 1 aromatic carbocycles. The van der Waals surface area contributed by atoms with Crippen molar-refractivity contribution in [2.45, 2.75) is 26.2 Å². The summed E-state index contributed by atoms with van der Waals surface area (Å²) in [6.07, 6.45) is 1.06. The number of carboxylic acid groups (broad SMARTS) is 1. The first-order valence-corrected chi connectivity index (χ1v) is 6.79. The van der Waals surface area contributed by atoms with Gasteiger partial charge in [-0.1, -0.05) is 26.0 Å². The highest BCUT2D eigenvalue weighted by Crippen LogP contribution is 2.28. The first kappa shape index (κ1) is 12.8. The number of aromatic carboxylic acids is 1. The highest BCUT2D eigenvalue weighted by Gasteiger charge is 2.11. The molecule has 3 nitrogen and oxygen atoms in total. The third kappa shape index (κ3) is 2.59. The number of carbonyl (C=O) groups is 1. The minimum Gasteiger partial charge on any atom is -0.478 e. The maximum atomic E-state index is 10.9. The molecule has 2 rings (SSSR count). The van der Waals surface area contributed by atoms with Crippen molar-refractivity contribution in [3.8, 4) is 11.3 Å². The summed E-state index contributed by atoms with van der Waals surface area (Å²) in [5.41, 5.74) is 2.02. The van der Waals surface area contributed by atoms with Crippen LogP contribution >= 0.6 is 11.3 Å². The van der Waals surface area contributed by atoms with Gasteiger partial charge in [0.05, 0.1) is 16.3 Å². The summed E-state index contributed by atoms with van der Waals surface area (Å²) in [5.74, 6) is -0.458. The molecule has 1 atom stereocenters. The first-order chi connectivity index (χ1) is 8.61. The van der Waals surface area contributed by atoms with Crippen molar-refractivity contribution < 1.29 is 9.90 Å². The van der Waals surface area contributed by atoms with Crippen molar-refractivity contribution in [3.05, 3.63) is 40.2 Å². The van der Waals surface area contributed by atoms with Crippen LogP contribution in [0.1, 0.15) is 41.6 Å². The van der Waals surface area contributed by atoms with Crippen LogP contribution in [0.25, 0.3) is 11.3 Å². The molecule has 0 aliphatic heterocycles. The van der Waals surface area contributed by atoms with E-state index in [1.807, 2.05) is 11.4 Å². The lowest BCUT2D eigenvalue weighted by Crippen LogP contribution is -1.96. The van der Waals surface area contributed by atoms with Gasteiger partial charge < -0.3 is 5.11 Å². The Bertz CT molecular complexity index is 562. The summed E-state index contributed by atoms with van der Waals surface area (Å²) >= 11 is 1.63. The number of thiazole rings is 1.